The molecule has 0 heterocycles. The van der Waals surface area contributed by atoms with Gasteiger partial charge in [-0.05, 0) is 11.5 Å². The average Bonchev–Trinajstić information content (AvgIpc) is 2.24. The van der Waals surface area contributed by atoms with Crippen LogP contribution in [-0.4, -0.2) is 12.2 Å². The van der Waals surface area contributed by atoms with Gasteiger partial charge in [-0.1, -0.05) is 20.8 Å². The molecule has 5 nitrogen and oxygen atoms in total. The summed E-state index contributed by atoms with van der Waals surface area (Å²) in [7, 11) is -6.00. The Balaban J connectivity index is 0.000000621. The molecule has 1 aromatic rings. The highest BCUT2D eigenvalue weighted by Gasteiger charge is 2.27. The lowest BCUT2D eigenvalue weighted by molar-refractivity contribution is -0.385. The predicted molar refractivity (Wildman–Crippen MR) is 66.7 cm³/mol. The third-order valence-corrected chi connectivity index (χ3v) is 2.10. The van der Waals surface area contributed by atoms with Gasteiger partial charge < -0.3 is 17.3 Å². The summed E-state index contributed by atoms with van der Waals surface area (Å²) in [5, 5.41) is 19.4. The lowest BCUT2D eigenvalue weighted by atomic mass is 9.86. The Morgan fingerprint density at radius 2 is 1.70 bits per heavy atom. The Morgan fingerprint density at radius 1 is 1.25 bits per heavy atom. The molecular formula is C10H12BF4N3O2. The van der Waals surface area contributed by atoms with Gasteiger partial charge in [0.2, 0.25) is 5.39 Å². The highest BCUT2D eigenvalue weighted by molar-refractivity contribution is 6.50. The summed E-state index contributed by atoms with van der Waals surface area (Å²) in [5.74, 6) is 0. The predicted octanol–water partition coefficient (Wildman–Crippen LogP) is 4.68. The summed E-state index contributed by atoms with van der Waals surface area (Å²) in [6.45, 7) is 5.68. The standard InChI is InChI=1S/C10H12N3O2.BF4/c1-10(2,3)8-5-4-7(12-11)6-9(8)13(14)15;2-1(3,4)5/h4-6H,1-3H3;/q+1;-1. The smallest absolute Gasteiger partial charge is 0.418 e. The van der Waals surface area contributed by atoms with E-state index in [-0.39, 0.29) is 16.8 Å². The summed E-state index contributed by atoms with van der Waals surface area (Å²) in [6.07, 6.45) is 0. The first-order chi connectivity index (χ1) is 8.86. The van der Waals surface area contributed by atoms with Gasteiger partial charge in [0.05, 0.1) is 4.92 Å². The Kier molecular flexibility index (Phi) is 5.63. The molecule has 0 aromatic heterocycles. The normalized spacial score (nSPS) is 11.1. The number of rotatable bonds is 1. The van der Waals surface area contributed by atoms with Crippen molar-refractivity contribution in [2.24, 2.45) is 0 Å². The number of benzene rings is 1. The Morgan fingerprint density at radius 3 is 2.00 bits per heavy atom. The first kappa shape index (κ1) is 17.8. The maximum absolute atomic E-state index is 10.8. The molecule has 0 fully saturated rings. The molecule has 0 saturated carbocycles. The average molecular weight is 293 g/mol. The number of hydrogen-bond donors (Lipinski definition) is 0. The van der Waals surface area contributed by atoms with Crippen molar-refractivity contribution in [3.63, 3.8) is 0 Å². The van der Waals surface area contributed by atoms with Crippen LogP contribution in [0.25, 0.3) is 4.98 Å². The number of nitro groups is 1. The van der Waals surface area contributed by atoms with Gasteiger partial charge in [-0.3, -0.25) is 10.1 Å². The molecule has 0 aliphatic carbocycles. The fourth-order valence-corrected chi connectivity index (χ4v) is 1.37. The van der Waals surface area contributed by atoms with Gasteiger partial charge in [0.25, 0.3) is 5.69 Å². The molecule has 10 heteroatoms. The van der Waals surface area contributed by atoms with Crippen molar-refractivity contribution in [3.05, 3.63) is 38.9 Å². The van der Waals surface area contributed by atoms with Crippen LogP contribution in [0.5, 0.6) is 0 Å². The second-order valence-electron chi connectivity index (χ2n) is 4.80. The third kappa shape index (κ3) is 6.68. The van der Waals surface area contributed by atoms with Crippen LogP contribution in [0, 0.1) is 15.5 Å². The highest BCUT2D eigenvalue weighted by Crippen LogP contribution is 2.33. The van der Waals surface area contributed by atoms with E-state index in [0.29, 0.717) is 5.56 Å². The maximum Gasteiger partial charge on any atom is 0.673 e. The first-order valence-electron chi connectivity index (χ1n) is 5.37. The Hall–Kier alpha value is -2.18. The van der Waals surface area contributed by atoms with E-state index in [4.69, 9.17) is 5.39 Å². The summed E-state index contributed by atoms with van der Waals surface area (Å²) >= 11 is 0. The molecule has 0 aliphatic heterocycles. The number of diazo groups is 1. The molecular weight excluding hydrogens is 281 g/mol. The molecule has 110 valence electrons. The zero-order valence-corrected chi connectivity index (χ0v) is 11.0. The zero-order chi connectivity index (χ0) is 16.1. The van der Waals surface area contributed by atoms with E-state index in [2.05, 4.69) is 4.98 Å². The van der Waals surface area contributed by atoms with Crippen LogP contribution in [0.4, 0.5) is 28.6 Å². The Labute approximate surface area is 112 Å². The second kappa shape index (κ2) is 6.32. The van der Waals surface area contributed by atoms with Crippen molar-refractivity contribution in [3.8, 4) is 0 Å². The molecule has 0 unspecified atom stereocenters. The van der Waals surface area contributed by atoms with E-state index >= 15 is 0 Å². The third-order valence-electron chi connectivity index (χ3n) is 2.10. The molecule has 1 aromatic carbocycles. The van der Waals surface area contributed by atoms with E-state index in [1.807, 2.05) is 20.8 Å². The van der Waals surface area contributed by atoms with Crippen molar-refractivity contribution in [1.29, 1.82) is 5.39 Å². The topological polar surface area (TPSA) is 71.3 Å². The minimum Gasteiger partial charge on any atom is -0.418 e. The molecule has 0 saturated heterocycles. The largest absolute Gasteiger partial charge is 0.673 e. The van der Waals surface area contributed by atoms with Crippen molar-refractivity contribution >= 4 is 18.6 Å². The number of hydrogen-bond acceptors (Lipinski definition) is 3. The fourth-order valence-electron chi connectivity index (χ4n) is 1.37. The van der Waals surface area contributed by atoms with E-state index in [0.717, 1.165) is 0 Å². The van der Waals surface area contributed by atoms with Gasteiger partial charge in [0.1, 0.15) is 6.07 Å². The van der Waals surface area contributed by atoms with Crippen LogP contribution in [-0.2, 0) is 5.41 Å². The van der Waals surface area contributed by atoms with Crippen LogP contribution in [0.3, 0.4) is 0 Å². The van der Waals surface area contributed by atoms with Crippen molar-refractivity contribution in [2.75, 3.05) is 0 Å². The maximum atomic E-state index is 10.8. The van der Waals surface area contributed by atoms with Crippen LogP contribution < -0.4 is 0 Å². The summed E-state index contributed by atoms with van der Waals surface area (Å²) in [5.41, 5.74) is 0.489. The van der Waals surface area contributed by atoms with E-state index < -0.39 is 12.2 Å². The van der Waals surface area contributed by atoms with Crippen LogP contribution in [0.2, 0.25) is 0 Å². The molecule has 0 atom stereocenters. The van der Waals surface area contributed by atoms with Gasteiger partial charge in [0, 0.05) is 11.6 Å². The van der Waals surface area contributed by atoms with Gasteiger partial charge in [-0.15, -0.1) is 0 Å². The second-order valence-corrected chi connectivity index (χ2v) is 4.80. The van der Waals surface area contributed by atoms with E-state index in [1.165, 1.54) is 6.07 Å². The quantitative estimate of drug-likeness (QED) is 0.248. The summed E-state index contributed by atoms with van der Waals surface area (Å²) in [4.78, 5) is 13.3. The molecule has 0 spiro atoms. The highest BCUT2D eigenvalue weighted by atomic mass is 19.5. The molecule has 0 radical (unpaired) electrons. The molecule has 1 rings (SSSR count). The first-order valence-corrected chi connectivity index (χ1v) is 5.37. The molecule has 0 aliphatic rings. The number of nitro benzene ring substituents is 1. The minimum atomic E-state index is -6.00. The van der Waals surface area contributed by atoms with Crippen LogP contribution >= 0.6 is 0 Å². The van der Waals surface area contributed by atoms with Crippen molar-refractivity contribution in [2.45, 2.75) is 26.2 Å². The molecule has 20 heavy (non-hydrogen) atoms. The zero-order valence-electron chi connectivity index (χ0n) is 11.0. The summed E-state index contributed by atoms with van der Waals surface area (Å²) < 4.78 is 39.0. The van der Waals surface area contributed by atoms with Gasteiger partial charge in [-0.25, -0.2) is 0 Å². The van der Waals surface area contributed by atoms with Crippen molar-refractivity contribution < 1.29 is 22.2 Å². The molecule has 0 amide bonds. The van der Waals surface area contributed by atoms with E-state index in [9.17, 15) is 27.4 Å². The molecule has 0 bridgehead atoms. The molecule has 0 N–H and O–H groups in total. The lowest BCUT2D eigenvalue weighted by Gasteiger charge is -2.17. The van der Waals surface area contributed by atoms with Crippen molar-refractivity contribution in [1.82, 2.24) is 0 Å². The Bertz CT molecular complexity index is 529. The minimum absolute atomic E-state index is 0.0159. The van der Waals surface area contributed by atoms with Crippen LogP contribution in [0.15, 0.2) is 18.2 Å². The van der Waals surface area contributed by atoms with Crippen LogP contribution in [0.1, 0.15) is 26.3 Å². The number of nitrogens with zero attached hydrogens (tertiary/aromatic N) is 3. The number of halogens is 4. The lowest BCUT2D eigenvalue weighted by Crippen LogP contribution is -2.13. The summed E-state index contributed by atoms with van der Waals surface area (Å²) in [6, 6.07) is 4.43. The van der Waals surface area contributed by atoms with Gasteiger partial charge in [0.15, 0.2) is 4.98 Å². The van der Waals surface area contributed by atoms with Gasteiger partial charge >= 0.3 is 12.9 Å². The van der Waals surface area contributed by atoms with E-state index in [1.54, 1.807) is 12.1 Å². The SMILES string of the molecule is CC(C)(C)c1ccc([N+]#N)cc1[N+](=O)[O-].F[B-](F)(F)F. The fraction of sp³-hybridized carbons (Fsp3) is 0.400. The monoisotopic (exact) mass is 293 g/mol. The van der Waals surface area contributed by atoms with Gasteiger partial charge in [-0.2, -0.15) is 0 Å².